The fourth-order valence-corrected chi connectivity index (χ4v) is 7.23. The molecule has 0 fully saturated rings. The highest BCUT2D eigenvalue weighted by Crippen LogP contribution is 2.46. The van der Waals surface area contributed by atoms with Crippen molar-refractivity contribution in [2.24, 2.45) is 0 Å². The van der Waals surface area contributed by atoms with Crippen LogP contribution in [0.3, 0.4) is 0 Å². The van der Waals surface area contributed by atoms with E-state index >= 15 is 0 Å². The zero-order chi connectivity index (χ0) is 25.3. The zero-order valence-corrected chi connectivity index (χ0v) is 24.5. The molecule has 4 rings (SSSR count). The molecule has 36 heavy (non-hydrogen) atoms. The number of rotatable bonds is 16. The molecule has 0 aliphatic rings. The largest absolute Gasteiger partial charge is 0.490 e. The van der Waals surface area contributed by atoms with Gasteiger partial charge in [-0.3, -0.25) is 0 Å². The quantitative estimate of drug-likeness (QED) is 0.136. The molecule has 0 spiro atoms. The minimum atomic E-state index is 0.762. The molecule has 0 N–H and O–H groups in total. The van der Waals surface area contributed by atoms with Crippen LogP contribution in [0.25, 0.3) is 30.9 Å². The summed E-state index contributed by atoms with van der Waals surface area (Å²) < 4.78 is 15.6. The summed E-state index contributed by atoms with van der Waals surface area (Å²) in [4.78, 5) is 2.72. The van der Waals surface area contributed by atoms with Gasteiger partial charge in [-0.1, -0.05) is 78.1 Å². The molecule has 0 aliphatic carbocycles. The lowest BCUT2D eigenvalue weighted by Crippen LogP contribution is -2.03. The van der Waals surface area contributed by atoms with Gasteiger partial charge in [0.1, 0.15) is 0 Å². The van der Waals surface area contributed by atoms with Gasteiger partial charge in [0.25, 0.3) is 0 Å². The molecule has 0 radical (unpaired) electrons. The highest BCUT2D eigenvalue weighted by atomic mass is 32.1. The molecule has 0 amide bonds. The molecule has 4 aromatic rings. The van der Waals surface area contributed by atoms with Gasteiger partial charge < -0.3 is 9.47 Å². The first kappa shape index (κ1) is 27.3. The summed E-state index contributed by atoms with van der Waals surface area (Å²) in [6.07, 6.45) is 15.3. The minimum Gasteiger partial charge on any atom is -0.490 e. The van der Waals surface area contributed by atoms with Gasteiger partial charge in [0, 0.05) is 40.7 Å². The van der Waals surface area contributed by atoms with E-state index < -0.39 is 0 Å². The predicted octanol–water partition coefficient (Wildman–Crippen LogP) is 11.4. The van der Waals surface area contributed by atoms with Crippen molar-refractivity contribution in [3.05, 3.63) is 34.0 Å². The first-order chi connectivity index (χ1) is 17.6. The second kappa shape index (κ2) is 13.7. The van der Waals surface area contributed by atoms with Crippen molar-refractivity contribution in [3.63, 3.8) is 0 Å². The smallest absolute Gasteiger partial charge is 0.161 e. The van der Waals surface area contributed by atoms with Gasteiger partial charge in [0.05, 0.1) is 13.2 Å². The molecule has 0 aliphatic heterocycles. The monoisotopic (exact) mass is 524 g/mol. The maximum atomic E-state index is 6.42. The number of ether oxygens (including phenoxy) is 2. The minimum absolute atomic E-state index is 0.762. The molecule has 2 aromatic carbocycles. The van der Waals surface area contributed by atoms with Crippen molar-refractivity contribution in [3.8, 4) is 11.5 Å². The standard InChI is InChI=1S/C32H44O2S2/c1-5-7-9-11-13-15-17-33-29-21-27-28(22-30(29)34-18-16-14-12-10-8-6-2)32-26(20-24(4)36-32)25-19-23(3)35-31(25)27/h19-22H,5-18H2,1-4H3. The van der Waals surface area contributed by atoms with Gasteiger partial charge in [-0.15, -0.1) is 22.7 Å². The van der Waals surface area contributed by atoms with E-state index in [0.717, 1.165) is 37.6 Å². The van der Waals surface area contributed by atoms with Crippen molar-refractivity contribution < 1.29 is 9.47 Å². The fraction of sp³-hybridized carbons (Fsp3) is 0.562. The molecule has 4 heteroatoms. The Morgan fingerprint density at radius 2 is 0.861 bits per heavy atom. The Hall–Kier alpha value is -1.78. The Labute approximate surface area is 226 Å². The third-order valence-electron chi connectivity index (χ3n) is 7.08. The van der Waals surface area contributed by atoms with Gasteiger partial charge in [0.15, 0.2) is 11.5 Å². The Morgan fingerprint density at radius 3 is 1.28 bits per heavy atom. The van der Waals surface area contributed by atoms with Crippen LogP contribution in [0.4, 0.5) is 0 Å². The fourth-order valence-electron chi connectivity index (χ4n) is 5.12. The summed E-state index contributed by atoms with van der Waals surface area (Å²) >= 11 is 3.80. The van der Waals surface area contributed by atoms with E-state index in [1.807, 2.05) is 22.7 Å². The number of benzene rings is 2. The van der Waals surface area contributed by atoms with Gasteiger partial charge in [0.2, 0.25) is 0 Å². The lowest BCUT2D eigenvalue weighted by Gasteiger charge is -2.15. The summed E-state index contributed by atoms with van der Waals surface area (Å²) in [5, 5.41) is 5.38. The van der Waals surface area contributed by atoms with Crippen molar-refractivity contribution in [1.82, 2.24) is 0 Å². The first-order valence-electron chi connectivity index (χ1n) is 14.3. The Balaban J connectivity index is 1.58. The third-order valence-corrected chi connectivity index (χ3v) is 9.25. The Morgan fingerprint density at radius 1 is 0.500 bits per heavy atom. The Kier molecular flexibility index (Phi) is 10.4. The summed E-state index contributed by atoms with van der Waals surface area (Å²) in [6.45, 7) is 10.5. The van der Waals surface area contributed by atoms with Crippen LogP contribution in [0.2, 0.25) is 0 Å². The molecule has 196 valence electrons. The lowest BCUT2D eigenvalue weighted by molar-refractivity contribution is 0.259. The average Bonchev–Trinajstić information content (AvgIpc) is 3.45. The van der Waals surface area contributed by atoms with Crippen LogP contribution in [-0.4, -0.2) is 13.2 Å². The molecule has 2 nitrogen and oxygen atoms in total. The number of unbranched alkanes of at least 4 members (excludes halogenated alkanes) is 10. The number of thiophene rings is 2. The zero-order valence-electron chi connectivity index (χ0n) is 22.8. The van der Waals surface area contributed by atoms with Crippen LogP contribution in [0.5, 0.6) is 11.5 Å². The topological polar surface area (TPSA) is 18.5 Å². The number of fused-ring (bicyclic) bond motifs is 6. The molecular weight excluding hydrogens is 480 g/mol. The number of hydrogen-bond acceptors (Lipinski definition) is 4. The van der Waals surface area contributed by atoms with Crippen LogP contribution in [-0.2, 0) is 0 Å². The first-order valence-corrected chi connectivity index (χ1v) is 15.9. The summed E-state index contributed by atoms with van der Waals surface area (Å²) in [5.41, 5.74) is 0. The molecule has 0 unspecified atom stereocenters. The number of aryl methyl sites for hydroxylation is 2. The molecule has 0 saturated heterocycles. The highest BCUT2D eigenvalue weighted by molar-refractivity contribution is 7.22. The van der Waals surface area contributed by atoms with Crippen LogP contribution in [0.15, 0.2) is 24.3 Å². The van der Waals surface area contributed by atoms with E-state index in [4.69, 9.17) is 9.47 Å². The molecule has 0 saturated carbocycles. The molecule has 0 atom stereocenters. The highest BCUT2D eigenvalue weighted by Gasteiger charge is 2.17. The molecule has 0 bridgehead atoms. The van der Waals surface area contributed by atoms with E-state index in [9.17, 15) is 0 Å². The Bertz CT molecular complexity index is 1150. The van der Waals surface area contributed by atoms with Crippen LogP contribution in [0, 0.1) is 13.8 Å². The van der Waals surface area contributed by atoms with E-state index in [-0.39, 0.29) is 0 Å². The second-order valence-electron chi connectivity index (χ2n) is 10.3. The summed E-state index contributed by atoms with van der Waals surface area (Å²) in [7, 11) is 0. The van der Waals surface area contributed by atoms with Crippen LogP contribution >= 0.6 is 22.7 Å². The predicted molar refractivity (Wildman–Crippen MR) is 162 cm³/mol. The normalized spacial score (nSPS) is 11.8. The molecular formula is C32H44O2S2. The lowest BCUT2D eigenvalue weighted by atomic mass is 10.0. The summed E-state index contributed by atoms with van der Waals surface area (Å²) in [6, 6.07) is 9.26. The van der Waals surface area contributed by atoms with E-state index in [1.54, 1.807) is 0 Å². The second-order valence-corrected chi connectivity index (χ2v) is 12.8. The number of hydrogen-bond donors (Lipinski definition) is 0. The average molecular weight is 525 g/mol. The third kappa shape index (κ3) is 6.75. The van der Waals surface area contributed by atoms with Gasteiger partial charge >= 0.3 is 0 Å². The maximum Gasteiger partial charge on any atom is 0.161 e. The van der Waals surface area contributed by atoms with E-state index in [2.05, 4.69) is 52.0 Å². The van der Waals surface area contributed by atoms with E-state index in [0.29, 0.717) is 0 Å². The van der Waals surface area contributed by atoms with Crippen LogP contribution < -0.4 is 9.47 Å². The van der Waals surface area contributed by atoms with Crippen molar-refractivity contribution in [1.29, 1.82) is 0 Å². The van der Waals surface area contributed by atoms with Gasteiger partial charge in [-0.25, -0.2) is 0 Å². The van der Waals surface area contributed by atoms with Gasteiger partial charge in [-0.2, -0.15) is 0 Å². The van der Waals surface area contributed by atoms with Crippen LogP contribution in [0.1, 0.15) is 101 Å². The van der Waals surface area contributed by atoms with Gasteiger partial charge in [-0.05, 0) is 51.0 Å². The molecule has 2 heterocycles. The summed E-state index contributed by atoms with van der Waals surface area (Å²) in [5.74, 6) is 1.84. The van der Waals surface area contributed by atoms with Crippen molar-refractivity contribution in [2.45, 2.75) is 105 Å². The molecule has 2 aromatic heterocycles. The van der Waals surface area contributed by atoms with E-state index in [1.165, 1.54) is 105 Å². The maximum absolute atomic E-state index is 6.42. The SMILES string of the molecule is CCCCCCCCOc1cc2c(cc1OCCCCCCCC)c1sc(C)cc1c1cc(C)sc12. The van der Waals surface area contributed by atoms with Crippen molar-refractivity contribution >= 4 is 53.6 Å². The van der Waals surface area contributed by atoms with Crippen molar-refractivity contribution in [2.75, 3.05) is 13.2 Å².